The van der Waals surface area contributed by atoms with Crippen LogP contribution in [0.2, 0.25) is 0 Å². The van der Waals surface area contributed by atoms with E-state index in [0.717, 1.165) is 11.9 Å². The van der Waals surface area contributed by atoms with Crippen LogP contribution in [0.3, 0.4) is 0 Å². The first-order valence-corrected chi connectivity index (χ1v) is 12.5. The van der Waals surface area contributed by atoms with Crippen molar-refractivity contribution >= 4 is 46.7 Å². The van der Waals surface area contributed by atoms with Gasteiger partial charge in [0.05, 0.1) is 17.9 Å². The van der Waals surface area contributed by atoms with E-state index in [1.165, 1.54) is 43.8 Å². The number of esters is 3. The van der Waals surface area contributed by atoms with E-state index in [4.69, 9.17) is 23.7 Å². The average molecular weight is 587 g/mol. The molecular formula is C25H26N6O11. The number of fused-ring (bicyclic) bond motifs is 1. The number of benzene rings is 1. The maximum absolute atomic E-state index is 12.5. The van der Waals surface area contributed by atoms with E-state index in [1.807, 2.05) is 0 Å². The SMILES string of the molecule is CC(=O)OC[C@H]1O[C@@H](n2cnc3c(NC(=O)OCCc4ccc([N+](=O)[O-])cc4)ncnc32)[C@@H](OC(C)=O)C1OC(C)=O. The molecule has 17 heteroatoms. The molecule has 3 heterocycles. The molecule has 42 heavy (non-hydrogen) atoms. The number of nitrogens with one attached hydrogen (secondary N) is 1. The summed E-state index contributed by atoms with van der Waals surface area (Å²) >= 11 is 0. The first kappa shape index (κ1) is 29.8. The third kappa shape index (κ3) is 7.11. The van der Waals surface area contributed by atoms with Gasteiger partial charge in [-0.1, -0.05) is 12.1 Å². The molecular weight excluding hydrogens is 560 g/mol. The van der Waals surface area contributed by atoms with Gasteiger partial charge in [-0.05, 0) is 5.56 Å². The van der Waals surface area contributed by atoms with Gasteiger partial charge < -0.3 is 23.7 Å². The molecule has 2 aromatic heterocycles. The second kappa shape index (κ2) is 13.0. The van der Waals surface area contributed by atoms with Crippen molar-refractivity contribution in [1.82, 2.24) is 19.5 Å². The summed E-state index contributed by atoms with van der Waals surface area (Å²) in [4.78, 5) is 70.4. The molecule has 3 aromatic rings. The van der Waals surface area contributed by atoms with Gasteiger partial charge in [-0.25, -0.2) is 19.7 Å². The van der Waals surface area contributed by atoms with Crippen LogP contribution in [0.25, 0.3) is 11.2 Å². The summed E-state index contributed by atoms with van der Waals surface area (Å²) < 4.78 is 28.5. The molecule has 0 aliphatic carbocycles. The number of hydrogen-bond acceptors (Lipinski definition) is 14. The molecule has 17 nitrogen and oxygen atoms in total. The fraction of sp³-hybridized carbons (Fsp3) is 0.400. The molecule has 4 rings (SSSR count). The Hall–Kier alpha value is -5.19. The number of imidazole rings is 1. The summed E-state index contributed by atoms with van der Waals surface area (Å²) in [5, 5.41) is 13.3. The monoisotopic (exact) mass is 586 g/mol. The van der Waals surface area contributed by atoms with Crippen LogP contribution in [-0.4, -0.2) is 80.0 Å². The zero-order valence-corrected chi connectivity index (χ0v) is 22.6. The van der Waals surface area contributed by atoms with Crippen LogP contribution >= 0.6 is 0 Å². The number of rotatable bonds is 10. The first-order valence-electron chi connectivity index (χ1n) is 12.5. The summed E-state index contributed by atoms with van der Waals surface area (Å²) in [6.07, 6.45) is -2.45. The highest BCUT2D eigenvalue weighted by molar-refractivity contribution is 5.93. The highest BCUT2D eigenvalue weighted by Crippen LogP contribution is 2.36. The minimum Gasteiger partial charge on any atom is -0.463 e. The van der Waals surface area contributed by atoms with Crippen LogP contribution in [-0.2, 0) is 44.5 Å². The molecule has 0 radical (unpaired) electrons. The van der Waals surface area contributed by atoms with Gasteiger partial charge in [0, 0.05) is 39.3 Å². The van der Waals surface area contributed by atoms with Crippen molar-refractivity contribution in [2.45, 2.75) is 51.7 Å². The number of nitro benzene ring substituents is 1. The molecule has 1 aliphatic heterocycles. The lowest BCUT2D eigenvalue weighted by Crippen LogP contribution is -2.40. The predicted molar refractivity (Wildman–Crippen MR) is 139 cm³/mol. The van der Waals surface area contributed by atoms with Gasteiger partial charge in [-0.2, -0.15) is 0 Å². The molecule has 1 fully saturated rings. The molecule has 1 saturated heterocycles. The van der Waals surface area contributed by atoms with Crippen molar-refractivity contribution in [3.63, 3.8) is 0 Å². The third-order valence-corrected chi connectivity index (χ3v) is 5.96. The Labute approximate surface area is 237 Å². The second-order valence-corrected chi connectivity index (χ2v) is 9.00. The number of ether oxygens (including phenoxy) is 5. The van der Waals surface area contributed by atoms with Crippen LogP contribution in [0.1, 0.15) is 32.6 Å². The van der Waals surface area contributed by atoms with Gasteiger partial charge in [0.2, 0.25) is 0 Å². The summed E-state index contributed by atoms with van der Waals surface area (Å²) in [6, 6.07) is 5.85. The van der Waals surface area contributed by atoms with E-state index < -0.39 is 53.5 Å². The van der Waals surface area contributed by atoms with Gasteiger partial charge in [0.1, 0.15) is 19.0 Å². The summed E-state index contributed by atoms with van der Waals surface area (Å²) in [7, 11) is 0. The number of hydrogen-bond donors (Lipinski definition) is 1. The highest BCUT2D eigenvalue weighted by Gasteiger charge is 2.51. The zero-order chi connectivity index (χ0) is 30.4. The summed E-state index contributed by atoms with van der Waals surface area (Å²) in [6.45, 7) is 3.23. The lowest BCUT2D eigenvalue weighted by atomic mass is 10.1. The summed E-state index contributed by atoms with van der Waals surface area (Å²) in [5.41, 5.74) is 0.994. The number of amides is 1. The summed E-state index contributed by atoms with van der Waals surface area (Å²) in [5.74, 6) is -1.94. The lowest BCUT2D eigenvalue weighted by molar-refractivity contribution is -0.384. The highest BCUT2D eigenvalue weighted by atomic mass is 16.7. The fourth-order valence-electron chi connectivity index (χ4n) is 4.23. The van der Waals surface area contributed by atoms with Crippen molar-refractivity contribution in [3.8, 4) is 0 Å². The van der Waals surface area contributed by atoms with Crippen LogP contribution < -0.4 is 5.32 Å². The predicted octanol–water partition coefficient (Wildman–Crippen LogP) is 1.85. The van der Waals surface area contributed by atoms with E-state index in [9.17, 15) is 29.3 Å². The molecule has 0 bridgehead atoms. The Morgan fingerprint density at radius 2 is 1.67 bits per heavy atom. The minimum atomic E-state index is -1.17. The Kier molecular flexibility index (Phi) is 9.21. The maximum Gasteiger partial charge on any atom is 0.412 e. The van der Waals surface area contributed by atoms with Crippen LogP contribution in [0, 0.1) is 10.1 Å². The molecule has 1 unspecified atom stereocenters. The molecule has 4 atom stereocenters. The van der Waals surface area contributed by atoms with E-state index in [2.05, 4.69) is 20.3 Å². The van der Waals surface area contributed by atoms with Crippen molar-refractivity contribution in [2.75, 3.05) is 18.5 Å². The van der Waals surface area contributed by atoms with Crippen molar-refractivity contribution in [3.05, 3.63) is 52.6 Å². The third-order valence-electron chi connectivity index (χ3n) is 5.96. The smallest absolute Gasteiger partial charge is 0.412 e. The van der Waals surface area contributed by atoms with Crippen molar-refractivity contribution < 1.29 is 47.8 Å². The number of non-ortho nitro benzene ring substituents is 1. The fourth-order valence-corrected chi connectivity index (χ4v) is 4.23. The van der Waals surface area contributed by atoms with Crippen LogP contribution in [0.5, 0.6) is 0 Å². The van der Waals surface area contributed by atoms with Gasteiger partial charge in [0.15, 0.2) is 35.4 Å². The van der Waals surface area contributed by atoms with E-state index >= 15 is 0 Å². The Morgan fingerprint density at radius 3 is 2.31 bits per heavy atom. The van der Waals surface area contributed by atoms with E-state index in [-0.39, 0.29) is 35.9 Å². The molecule has 222 valence electrons. The first-order chi connectivity index (χ1) is 20.0. The van der Waals surface area contributed by atoms with Crippen molar-refractivity contribution in [2.24, 2.45) is 0 Å². The Balaban J connectivity index is 1.50. The lowest BCUT2D eigenvalue weighted by Gasteiger charge is -2.23. The molecule has 1 aromatic carbocycles. The Morgan fingerprint density at radius 1 is 0.976 bits per heavy atom. The quantitative estimate of drug-likeness (QED) is 0.155. The number of carbonyl (C=O) groups is 4. The largest absolute Gasteiger partial charge is 0.463 e. The standard InChI is InChI=1S/C25H26N6O11/c1-13(32)39-10-18-20(40-14(2)33)21(41-15(3)34)24(42-18)30-12-28-19-22(26-11-27-23(19)30)29-25(35)38-9-8-16-4-6-17(7-5-16)31(36)37/h4-7,11-12,18,20-21,24H,8-10H2,1-3H3,(H,26,27,29,35)/t18-,20?,21+,24-/m1/s1. The minimum absolute atomic E-state index is 0.00844. The number of nitro groups is 1. The number of anilines is 1. The second-order valence-electron chi connectivity index (χ2n) is 9.00. The van der Waals surface area contributed by atoms with Crippen LogP contribution in [0.15, 0.2) is 36.9 Å². The number of carbonyl (C=O) groups excluding carboxylic acids is 4. The zero-order valence-electron chi connectivity index (χ0n) is 22.6. The molecule has 1 amide bonds. The van der Waals surface area contributed by atoms with Gasteiger partial charge in [0.25, 0.3) is 5.69 Å². The van der Waals surface area contributed by atoms with Gasteiger partial charge >= 0.3 is 24.0 Å². The normalized spacial score (nSPS) is 19.6. The van der Waals surface area contributed by atoms with Gasteiger partial charge in [-0.15, -0.1) is 0 Å². The number of nitrogens with zero attached hydrogens (tertiary/aromatic N) is 5. The topological polar surface area (TPSA) is 213 Å². The molecule has 0 saturated carbocycles. The van der Waals surface area contributed by atoms with E-state index in [0.29, 0.717) is 6.42 Å². The maximum atomic E-state index is 12.5. The Bertz CT molecular complexity index is 1490. The average Bonchev–Trinajstić information content (AvgIpc) is 3.49. The molecule has 1 aliphatic rings. The number of aromatic nitrogens is 4. The van der Waals surface area contributed by atoms with Crippen LogP contribution in [0.4, 0.5) is 16.3 Å². The molecule has 1 N–H and O–H groups in total. The van der Waals surface area contributed by atoms with Gasteiger partial charge in [-0.3, -0.25) is 34.4 Å². The van der Waals surface area contributed by atoms with E-state index in [1.54, 1.807) is 12.1 Å². The van der Waals surface area contributed by atoms with Crippen molar-refractivity contribution in [1.29, 1.82) is 0 Å². The molecule has 0 spiro atoms.